The van der Waals surface area contributed by atoms with Crippen LogP contribution in [-0.2, 0) is 22.7 Å². The smallest absolute Gasteiger partial charge is 0.240 e. The van der Waals surface area contributed by atoms with Crippen molar-refractivity contribution in [1.82, 2.24) is 29.4 Å². The Morgan fingerprint density at radius 2 is 0.966 bits per heavy atom. The highest BCUT2D eigenvalue weighted by Gasteiger charge is 2.37. The number of aromatic nitrogens is 4. The Hall–Kier alpha value is -3.58. The van der Waals surface area contributed by atoms with Gasteiger partial charge in [-0.1, -0.05) is 146 Å². The molecule has 2 unspecified atom stereocenters. The van der Waals surface area contributed by atoms with E-state index >= 15 is 0 Å². The fraction of sp³-hybridized carbons (Fsp3) is 0.565. The van der Waals surface area contributed by atoms with E-state index in [0.29, 0.717) is 36.4 Å². The third kappa shape index (κ3) is 9.72. The van der Waals surface area contributed by atoms with Gasteiger partial charge in [-0.2, -0.15) is 10.2 Å². The van der Waals surface area contributed by atoms with Gasteiger partial charge in [0.25, 0.3) is 0 Å². The lowest BCUT2D eigenvalue weighted by Gasteiger charge is -2.35. The van der Waals surface area contributed by atoms with Crippen LogP contribution >= 0.6 is 21.6 Å². The normalized spacial score (nSPS) is 21.8. The van der Waals surface area contributed by atoms with Gasteiger partial charge in [-0.05, 0) is 49.7 Å². The first-order chi connectivity index (χ1) is 28.4. The van der Waals surface area contributed by atoms with E-state index in [1.807, 2.05) is 36.4 Å². The molecule has 0 spiro atoms. The minimum Gasteiger partial charge on any atom is -0.333 e. The van der Waals surface area contributed by atoms with Crippen molar-refractivity contribution < 1.29 is 9.59 Å². The lowest BCUT2D eigenvalue weighted by atomic mass is 9.83. The van der Waals surface area contributed by atoms with Crippen LogP contribution in [0.3, 0.4) is 0 Å². The van der Waals surface area contributed by atoms with Crippen LogP contribution in [0.4, 0.5) is 0 Å². The minimum absolute atomic E-state index is 0.00630. The summed E-state index contributed by atoms with van der Waals surface area (Å²) < 4.78 is 4.30. The molecule has 0 radical (unpaired) electrons. The van der Waals surface area contributed by atoms with Crippen LogP contribution in [0.1, 0.15) is 113 Å². The molecule has 10 nitrogen and oxygen atoms in total. The summed E-state index contributed by atoms with van der Waals surface area (Å²) in [6.45, 7) is 2.92. The maximum atomic E-state index is 14.3. The molecule has 4 heterocycles. The van der Waals surface area contributed by atoms with Crippen LogP contribution in [0.2, 0.25) is 0 Å². The molecule has 12 heteroatoms. The van der Waals surface area contributed by atoms with Crippen molar-refractivity contribution in [1.29, 1.82) is 0 Å². The van der Waals surface area contributed by atoms with Crippen molar-refractivity contribution in [2.24, 2.45) is 23.3 Å². The summed E-state index contributed by atoms with van der Waals surface area (Å²) in [4.78, 5) is 32.8. The second-order valence-corrected chi connectivity index (χ2v) is 19.7. The number of carbonyl (C=O) groups is 2. The molecule has 0 saturated heterocycles. The second kappa shape index (κ2) is 19.7. The number of carbonyl (C=O) groups excluding carboxylic acids is 2. The number of benzene rings is 2. The quantitative estimate of drug-likeness (QED) is 0.101. The number of hydrogen-bond donors (Lipinski definition) is 2. The molecule has 2 aromatic heterocycles. The average molecular weight is 823 g/mol. The van der Waals surface area contributed by atoms with Crippen molar-refractivity contribution in [3.63, 3.8) is 0 Å². The van der Waals surface area contributed by atoms with Gasteiger partial charge in [0.2, 0.25) is 11.8 Å². The van der Waals surface area contributed by atoms with Gasteiger partial charge in [0.15, 0.2) is 0 Å². The van der Waals surface area contributed by atoms with Crippen LogP contribution in [0, 0.1) is 11.8 Å². The zero-order valence-corrected chi connectivity index (χ0v) is 35.6. The fourth-order valence-corrected chi connectivity index (χ4v) is 12.2. The van der Waals surface area contributed by atoms with Gasteiger partial charge in [0.05, 0.1) is 46.9 Å². The van der Waals surface area contributed by atoms with Gasteiger partial charge >= 0.3 is 0 Å². The molecule has 4 aliphatic rings. The van der Waals surface area contributed by atoms with Gasteiger partial charge in [-0.15, -0.1) is 0 Å². The first-order valence-electron chi connectivity index (χ1n) is 22.1. The first kappa shape index (κ1) is 41.2. The highest BCUT2D eigenvalue weighted by molar-refractivity contribution is 8.76. The molecule has 58 heavy (non-hydrogen) atoms. The number of nitrogens with two attached hydrogens (primary N) is 2. The molecule has 0 bridgehead atoms. The zero-order chi connectivity index (χ0) is 39.8. The molecular weight excluding hydrogens is 761 g/mol. The van der Waals surface area contributed by atoms with Crippen LogP contribution in [0.25, 0.3) is 22.5 Å². The van der Waals surface area contributed by atoms with E-state index in [-0.39, 0.29) is 23.9 Å². The number of hydrogen-bond acceptors (Lipinski definition) is 8. The molecule has 2 fully saturated rings. The first-order valence-corrected chi connectivity index (χ1v) is 24.5. The standard InChI is InChI=1S/C46H62N8O2S2/c47-37(45(55)51-23-13-25-53-43(41(51)27-33-15-5-1-6-16-33)29-39(49-53)35-19-9-3-10-20-35)31-57-58-32-38(48)46(56)52-24-14-26-54-44(42(52)28-34-17-7-2-8-18-34)30-40(50-54)36-21-11-4-12-22-36/h3-4,9-12,19-22,29-30,33-34,37-38,41-42H,1-2,5-8,13-18,23-28,31-32,47-48H2/t37-,38-,41?,42?/m0/s1. The van der Waals surface area contributed by atoms with Crippen LogP contribution in [0.15, 0.2) is 72.8 Å². The highest BCUT2D eigenvalue weighted by atomic mass is 33.1. The summed E-state index contributed by atoms with van der Waals surface area (Å²) in [5, 5.41) is 10.1. The van der Waals surface area contributed by atoms with Gasteiger partial charge in [-0.3, -0.25) is 19.0 Å². The Balaban J connectivity index is 0.912. The van der Waals surface area contributed by atoms with E-state index in [1.165, 1.54) is 64.2 Å². The Morgan fingerprint density at radius 3 is 1.36 bits per heavy atom. The van der Waals surface area contributed by atoms with Crippen molar-refractivity contribution in [2.75, 3.05) is 24.6 Å². The van der Waals surface area contributed by atoms with Gasteiger partial charge < -0.3 is 21.3 Å². The second-order valence-electron chi connectivity index (χ2n) is 17.2. The molecule has 4 atom stereocenters. The lowest BCUT2D eigenvalue weighted by Crippen LogP contribution is -2.47. The number of rotatable bonds is 13. The van der Waals surface area contributed by atoms with Crippen molar-refractivity contribution in [2.45, 2.75) is 127 Å². The number of fused-ring (bicyclic) bond motifs is 2. The Bertz CT molecular complexity index is 1800. The molecule has 2 aliphatic carbocycles. The van der Waals surface area contributed by atoms with Crippen molar-refractivity contribution >= 4 is 33.4 Å². The molecule has 2 aromatic carbocycles. The topological polar surface area (TPSA) is 128 Å². The molecule has 310 valence electrons. The van der Waals surface area contributed by atoms with Crippen LogP contribution in [-0.4, -0.2) is 77.9 Å². The molecular formula is C46H62N8O2S2. The number of nitrogens with zero attached hydrogens (tertiary/aromatic N) is 6. The third-order valence-corrected chi connectivity index (χ3v) is 15.5. The van der Waals surface area contributed by atoms with Crippen LogP contribution < -0.4 is 11.5 Å². The highest BCUT2D eigenvalue weighted by Crippen LogP contribution is 2.40. The summed E-state index contributed by atoms with van der Waals surface area (Å²) in [6, 6.07) is 23.7. The predicted molar refractivity (Wildman–Crippen MR) is 237 cm³/mol. The third-order valence-electron chi connectivity index (χ3n) is 13.1. The van der Waals surface area contributed by atoms with Crippen LogP contribution in [0.5, 0.6) is 0 Å². The Morgan fingerprint density at radius 1 is 0.569 bits per heavy atom. The summed E-state index contributed by atoms with van der Waals surface area (Å²) in [5.41, 5.74) is 19.9. The van der Waals surface area contributed by atoms with Gasteiger partial charge in [0.1, 0.15) is 0 Å². The number of aryl methyl sites for hydroxylation is 2. The van der Waals surface area contributed by atoms with Crippen molar-refractivity contribution in [3.8, 4) is 22.5 Å². The van der Waals surface area contributed by atoms with E-state index in [0.717, 1.165) is 72.7 Å². The lowest BCUT2D eigenvalue weighted by molar-refractivity contribution is -0.135. The van der Waals surface area contributed by atoms with Gasteiger partial charge in [0, 0.05) is 48.8 Å². The molecule has 8 rings (SSSR count). The maximum Gasteiger partial charge on any atom is 0.240 e. The van der Waals surface area contributed by atoms with Crippen molar-refractivity contribution in [3.05, 3.63) is 84.2 Å². The number of amides is 2. The average Bonchev–Trinajstić information content (AvgIpc) is 3.81. The maximum absolute atomic E-state index is 14.3. The Labute approximate surface area is 352 Å². The summed E-state index contributed by atoms with van der Waals surface area (Å²) in [7, 11) is 3.12. The monoisotopic (exact) mass is 822 g/mol. The largest absolute Gasteiger partial charge is 0.333 e. The summed E-state index contributed by atoms with van der Waals surface area (Å²) in [5.74, 6) is 2.11. The minimum atomic E-state index is -0.647. The van der Waals surface area contributed by atoms with E-state index in [1.54, 1.807) is 21.6 Å². The SMILES string of the molecule is N[C@@H](CSSC[C@H](N)C(=O)N1CCCn2nc(-c3ccccc3)cc2C1CC1CCCCC1)C(=O)N1CCCn2nc(-c3ccccc3)cc2C1CC1CCCCC1. The van der Waals surface area contributed by atoms with E-state index in [9.17, 15) is 9.59 Å². The summed E-state index contributed by atoms with van der Waals surface area (Å²) in [6.07, 6.45) is 16.1. The van der Waals surface area contributed by atoms with E-state index in [4.69, 9.17) is 21.7 Å². The molecule has 4 N–H and O–H groups in total. The molecule has 2 saturated carbocycles. The van der Waals surface area contributed by atoms with E-state index < -0.39 is 12.1 Å². The molecule has 2 aliphatic heterocycles. The summed E-state index contributed by atoms with van der Waals surface area (Å²) >= 11 is 0. The molecule has 2 amide bonds. The zero-order valence-electron chi connectivity index (χ0n) is 34.0. The van der Waals surface area contributed by atoms with E-state index in [2.05, 4.69) is 55.6 Å². The predicted octanol–water partition coefficient (Wildman–Crippen LogP) is 8.64. The van der Waals surface area contributed by atoms with Gasteiger partial charge in [-0.25, -0.2) is 0 Å². The fourth-order valence-electron chi connectivity index (χ4n) is 9.98. The molecule has 4 aromatic rings. The Kier molecular flexibility index (Phi) is 14.0.